The topological polar surface area (TPSA) is 32.3 Å². The minimum atomic E-state index is -0.0182. The van der Waals surface area contributed by atoms with Gasteiger partial charge in [-0.2, -0.15) is 0 Å². The van der Waals surface area contributed by atoms with E-state index in [9.17, 15) is 4.79 Å². The van der Waals surface area contributed by atoms with E-state index in [1.165, 1.54) is 5.56 Å². The van der Waals surface area contributed by atoms with Gasteiger partial charge in [0.1, 0.15) is 0 Å². The zero-order valence-corrected chi connectivity index (χ0v) is 14.3. The molecule has 0 atom stereocenters. The summed E-state index contributed by atoms with van der Waals surface area (Å²) in [6.45, 7) is 9.96. The summed E-state index contributed by atoms with van der Waals surface area (Å²) in [5.74, 6) is -0.0182. The predicted molar refractivity (Wildman–Crippen MR) is 95.4 cm³/mol. The van der Waals surface area contributed by atoms with Gasteiger partial charge in [-0.05, 0) is 42.8 Å². The Morgan fingerprint density at radius 1 is 0.957 bits per heavy atom. The summed E-state index contributed by atoms with van der Waals surface area (Å²) in [5.41, 5.74) is 4.17. The van der Waals surface area contributed by atoms with Gasteiger partial charge in [-0.3, -0.25) is 9.69 Å². The Morgan fingerprint density at radius 3 is 2.17 bits per heavy atom. The number of hydrogen-bond donors (Lipinski definition) is 1. The number of rotatable bonds is 7. The second kappa shape index (κ2) is 8.49. The largest absolute Gasteiger partial charge is 0.348 e. The fraction of sp³-hybridized carbons (Fsp3) is 0.350. The van der Waals surface area contributed by atoms with Crippen LogP contribution in [0.25, 0.3) is 0 Å². The third-order valence-electron chi connectivity index (χ3n) is 4.17. The van der Waals surface area contributed by atoms with Gasteiger partial charge in [0, 0.05) is 18.7 Å². The highest BCUT2D eigenvalue weighted by molar-refractivity contribution is 5.95. The minimum Gasteiger partial charge on any atom is -0.348 e. The molecule has 23 heavy (non-hydrogen) atoms. The first-order chi connectivity index (χ1) is 11.1. The minimum absolute atomic E-state index is 0.0182. The van der Waals surface area contributed by atoms with E-state index in [0.29, 0.717) is 6.54 Å². The van der Waals surface area contributed by atoms with E-state index in [1.807, 2.05) is 31.2 Å². The van der Waals surface area contributed by atoms with Crippen LogP contribution in [0.2, 0.25) is 0 Å². The number of carbonyl (C=O) groups is 1. The molecular weight excluding hydrogens is 284 g/mol. The maximum Gasteiger partial charge on any atom is 0.251 e. The molecule has 0 saturated heterocycles. The van der Waals surface area contributed by atoms with Crippen molar-refractivity contribution in [2.45, 2.75) is 33.9 Å². The van der Waals surface area contributed by atoms with Crippen LogP contribution in [0.5, 0.6) is 0 Å². The molecule has 0 unspecified atom stereocenters. The first kappa shape index (κ1) is 17.2. The van der Waals surface area contributed by atoms with Crippen LogP contribution in [0.4, 0.5) is 0 Å². The summed E-state index contributed by atoms with van der Waals surface area (Å²) in [5, 5.41) is 2.99. The van der Waals surface area contributed by atoms with Crippen LogP contribution in [0, 0.1) is 6.92 Å². The van der Waals surface area contributed by atoms with Gasteiger partial charge in [-0.1, -0.05) is 56.3 Å². The Balaban J connectivity index is 1.91. The molecule has 122 valence electrons. The Kier molecular flexibility index (Phi) is 6.36. The van der Waals surface area contributed by atoms with Crippen molar-refractivity contribution in [1.29, 1.82) is 0 Å². The Labute approximate surface area is 139 Å². The van der Waals surface area contributed by atoms with E-state index in [4.69, 9.17) is 0 Å². The second-order valence-corrected chi connectivity index (χ2v) is 5.78. The molecule has 0 aliphatic carbocycles. The van der Waals surface area contributed by atoms with Gasteiger partial charge in [0.2, 0.25) is 0 Å². The monoisotopic (exact) mass is 310 g/mol. The molecule has 0 fully saturated rings. The van der Waals surface area contributed by atoms with Gasteiger partial charge >= 0.3 is 0 Å². The van der Waals surface area contributed by atoms with Crippen molar-refractivity contribution in [3.63, 3.8) is 0 Å². The van der Waals surface area contributed by atoms with Crippen molar-refractivity contribution in [2.75, 3.05) is 13.1 Å². The summed E-state index contributed by atoms with van der Waals surface area (Å²) >= 11 is 0. The molecule has 0 aliphatic rings. The summed E-state index contributed by atoms with van der Waals surface area (Å²) in [4.78, 5) is 14.6. The lowest BCUT2D eigenvalue weighted by Crippen LogP contribution is -2.24. The fourth-order valence-electron chi connectivity index (χ4n) is 2.57. The molecule has 2 aromatic rings. The maximum absolute atomic E-state index is 12.2. The van der Waals surface area contributed by atoms with Crippen molar-refractivity contribution in [1.82, 2.24) is 10.2 Å². The smallest absolute Gasteiger partial charge is 0.251 e. The molecule has 3 heteroatoms. The number of hydrogen-bond acceptors (Lipinski definition) is 2. The van der Waals surface area contributed by atoms with Crippen molar-refractivity contribution >= 4 is 5.91 Å². The molecule has 0 radical (unpaired) electrons. The molecule has 1 N–H and O–H groups in total. The van der Waals surface area contributed by atoms with Crippen LogP contribution in [-0.4, -0.2) is 23.9 Å². The van der Waals surface area contributed by atoms with Crippen LogP contribution in [0.1, 0.15) is 40.9 Å². The molecule has 2 aromatic carbocycles. The Hall–Kier alpha value is -2.13. The summed E-state index contributed by atoms with van der Waals surface area (Å²) in [7, 11) is 0. The molecular formula is C20H26N2O. The van der Waals surface area contributed by atoms with Crippen molar-refractivity contribution in [2.24, 2.45) is 0 Å². The van der Waals surface area contributed by atoms with Gasteiger partial charge in [-0.15, -0.1) is 0 Å². The van der Waals surface area contributed by atoms with E-state index in [1.54, 1.807) is 0 Å². The Morgan fingerprint density at radius 2 is 1.57 bits per heavy atom. The lowest BCUT2D eigenvalue weighted by atomic mass is 10.1. The highest BCUT2D eigenvalue weighted by atomic mass is 16.1. The molecule has 0 bridgehead atoms. The average molecular weight is 310 g/mol. The SMILES string of the molecule is CCN(CC)Cc1ccc(CNC(=O)c2ccccc2C)cc1. The first-order valence-corrected chi connectivity index (χ1v) is 8.28. The van der Waals surface area contributed by atoms with Crippen LogP contribution in [0.15, 0.2) is 48.5 Å². The molecule has 3 nitrogen and oxygen atoms in total. The average Bonchev–Trinajstić information content (AvgIpc) is 2.59. The Bertz CT molecular complexity index is 630. The van der Waals surface area contributed by atoms with E-state index >= 15 is 0 Å². The van der Waals surface area contributed by atoms with Crippen molar-refractivity contribution < 1.29 is 4.79 Å². The first-order valence-electron chi connectivity index (χ1n) is 8.28. The maximum atomic E-state index is 12.2. The highest BCUT2D eigenvalue weighted by Crippen LogP contribution is 2.09. The molecule has 0 saturated carbocycles. The van der Waals surface area contributed by atoms with Crippen LogP contribution in [-0.2, 0) is 13.1 Å². The summed E-state index contributed by atoms with van der Waals surface area (Å²) in [6.07, 6.45) is 0. The second-order valence-electron chi connectivity index (χ2n) is 5.78. The zero-order chi connectivity index (χ0) is 16.7. The van der Waals surface area contributed by atoms with Crippen molar-refractivity contribution in [3.05, 3.63) is 70.8 Å². The molecule has 2 rings (SSSR count). The normalized spacial score (nSPS) is 10.8. The van der Waals surface area contributed by atoms with Gasteiger partial charge in [0.15, 0.2) is 0 Å². The molecule has 0 spiro atoms. The summed E-state index contributed by atoms with van der Waals surface area (Å²) in [6, 6.07) is 16.1. The third-order valence-corrected chi connectivity index (χ3v) is 4.17. The van der Waals surface area contributed by atoms with E-state index in [-0.39, 0.29) is 5.91 Å². The van der Waals surface area contributed by atoms with Gasteiger partial charge in [-0.25, -0.2) is 0 Å². The quantitative estimate of drug-likeness (QED) is 0.844. The number of amides is 1. The molecule has 0 aromatic heterocycles. The van der Waals surface area contributed by atoms with Gasteiger partial charge in [0.25, 0.3) is 5.91 Å². The number of carbonyl (C=O) groups excluding carboxylic acids is 1. The predicted octanol–water partition coefficient (Wildman–Crippen LogP) is 3.77. The van der Waals surface area contributed by atoms with E-state index < -0.39 is 0 Å². The molecule has 1 amide bonds. The van der Waals surface area contributed by atoms with Crippen LogP contribution < -0.4 is 5.32 Å². The van der Waals surface area contributed by atoms with Crippen LogP contribution in [0.3, 0.4) is 0 Å². The van der Waals surface area contributed by atoms with Gasteiger partial charge < -0.3 is 5.32 Å². The standard InChI is InChI=1S/C20H26N2O/c1-4-22(5-2)15-18-12-10-17(11-13-18)14-21-20(23)19-9-7-6-8-16(19)3/h6-13H,4-5,14-15H2,1-3H3,(H,21,23). The highest BCUT2D eigenvalue weighted by Gasteiger charge is 2.07. The van der Waals surface area contributed by atoms with Gasteiger partial charge in [0.05, 0.1) is 0 Å². The summed E-state index contributed by atoms with van der Waals surface area (Å²) < 4.78 is 0. The molecule has 0 aliphatic heterocycles. The van der Waals surface area contributed by atoms with E-state index in [2.05, 4.69) is 48.3 Å². The molecule has 0 heterocycles. The van der Waals surface area contributed by atoms with Crippen LogP contribution >= 0.6 is 0 Å². The zero-order valence-electron chi connectivity index (χ0n) is 14.3. The van der Waals surface area contributed by atoms with E-state index in [0.717, 1.165) is 36.3 Å². The lowest BCUT2D eigenvalue weighted by molar-refractivity contribution is 0.0950. The lowest BCUT2D eigenvalue weighted by Gasteiger charge is -2.18. The number of nitrogens with zero attached hydrogens (tertiary/aromatic N) is 1. The number of aryl methyl sites for hydroxylation is 1. The number of benzene rings is 2. The number of nitrogens with one attached hydrogen (secondary N) is 1. The third kappa shape index (κ3) is 4.93. The van der Waals surface area contributed by atoms with Crippen molar-refractivity contribution in [3.8, 4) is 0 Å². The fourth-order valence-corrected chi connectivity index (χ4v) is 2.57.